The van der Waals surface area contributed by atoms with Gasteiger partial charge in [-0.05, 0) is 23.8 Å². The number of rotatable bonds is 6. The fourth-order valence-electron chi connectivity index (χ4n) is 2.17. The van der Waals surface area contributed by atoms with Gasteiger partial charge in [-0.25, -0.2) is 0 Å². The third-order valence-electron chi connectivity index (χ3n) is 3.30. The number of methoxy groups -OCH3 is 1. The zero-order valence-electron chi connectivity index (χ0n) is 12.1. The molecule has 2 rings (SSSR count). The number of nitrogens with zero attached hydrogens (tertiary/aromatic N) is 2. The predicted octanol–water partition coefficient (Wildman–Crippen LogP) is 1.35. The van der Waals surface area contributed by atoms with E-state index in [4.69, 9.17) is 9.84 Å². The molecular weight excluding hydrogens is 288 g/mol. The summed E-state index contributed by atoms with van der Waals surface area (Å²) in [6.07, 6.45) is 1.58. The number of aliphatic hydroxyl groups is 1. The van der Waals surface area contributed by atoms with E-state index in [1.807, 2.05) is 0 Å². The van der Waals surface area contributed by atoms with Gasteiger partial charge in [0.1, 0.15) is 5.75 Å². The van der Waals surface area contributed by atoms with Crippen molar-refractivity contribution in [3.63, 3.8) is 0 Å². The molecule has 0 amide bonds. The van der Waals surface area contributed by atoms with Crippen LogP contribution in [0.1, 0.15) is 11.1 Å². The van der Waals surface area contributed by atoms with Gasteiger partial charge in [-0.15, -0.1) is 0 Å². The molecule has 0 aliphatic rings. The van der Waals surface area contributed by atoms with Crippen molar-refractivity contribution in [3.05, 3.63) is 68.1 Å². The maximum Gasteiger partial charge on any atom is 0.337 e. The summed E-state index contributed by atoms with van der Waals surface area (Å²) in [6, 6.07) is 8.60. The Labute approximate surface area is 126 Å². The lowest BCUT2D eigenvalue weighted by Crippen LogP contribution is -2.24. The van der Waals surface area contributed by atoms with E-state index in [0.29, 0.717) is 5.75 Å². The molecule has 1 heterocycles. The van der Waals surface area contributed by atoms with Gasteiger partial charge >= 0.3 is 11.2 Å². The molecule has 1 aromatic carbocycles. The molecule has 2 aromatic rings. The van der Waals surface area contributed by atoms with Gasteiger partial charge in [-0.1, -0.05) is 12.1 Å². The molecule has 7 heteroatoms. The molecule has 1 aromatic heterocycles. The van der Waals surface area contributed by atoms with Gasteiger partial charge in [0.2, 0.25) is 0 Å². The Morgan fingerprint density at radius 2 is 1.95 bits per heavy atom. The molecule has 116 valence electrons. The third-order valence-corrected chi connectivity index (χ3v) is 3.30. The van der Waals surface area contributed by atoms with Crippen LogP contribution in [0.2, 0.25) is 0 Å². The van der Waals surface area contributed by atoms with Crippen LogP contribution in [0.15, 0.2) is 41.3 Å². The highest BCUT2D eigenvalue weighted by molar-refractivity contribution is 5.38. The molecule has 0 saturated carbocycles. The second-order valence-electron chi connectivity index (χ2n) is 4.70. The first-order valence-electron chi connectivity index (χ1n) is 6.67. The largest absolute Gasteiger partial charge is 0.497 e. The number of ether oxygens (including phenoxy) is 1. The van der Waals surface area contributed by atoms with Crippen molar-refractivity contribution in [3.8, 4) is 5.75 Å². The van der Waals surface area contributed by atoms with Gasteiger partial charge in [0.05, 0.1) is 18.6 Å². The van der Waals surface area contributed by atoms with Crippen molar-refractivity contribution >= 4 is 5.69 Å². The molecule has 7 nitrogen and oxygen atoms in total. The quantitative estimate of drug-likeness (QED) is 0.642. The Hall–Kier alpha value is -2.67. The standard InChI is InChI=1S/C15H16N2O5/c1-22-13-4-2-11(3-5-13)10-16-8-6-12(7-9-18)14(15(16)19)17(20)21/h2-6,8,18H,7,9-10H2,1H3. The van der Waals surface area contributed by atoms with Crippen molar-refractivity contribution in [1.29, 1.82) is 0 Å². The fraction of sp³-hybridized carbons (Fsp3) is 0.267. The zero-order valence-corrected chi connectivity index (χ0v) is 12.1. The summed E-state index contributed by atoms with van der Waals surface area (Å²) in [5.41, 5.74) is -0.0904. The lowest BCUT2D eigenvalue weighted by molar-refractivity contribution is -0.387. The van der Waals surface area contributed by atoms with Gasteiger partial charge in [0, 0.05) is 24.8 Å². The molecule has 0 fully saturated rings. The predicted molar refractivity (Wildman–Crippen MR) is 80.2 cm³/mol. The van der Waals surface area contributed by atoms with E-state index in [-0.39, 0.29) is 25.1 Å². The van der Waals surface area contributed by atoms with Crippen molar-refractivity contribution < 1.29 is 14.8 Å². The highest BCUT2D eigenvalue weighted by Crippen LogP contribution is 2.15. The van der Waals surface area contributed by atoms with Gasteiger partial charge in [0.15, 0.2) is 0 Å². The van der Waals surface area contributed by atoms with E-state index in [1.54, 1.807) is 31.4 Å². The summed E-state index contributed by atoms with van der Waals surface area (Å²) in [4.78, 5) is 22.7. The monoisotopic (exact) mass is 304 g/mol. The molecule has 0 atom stereocenters. The Balaban J connectivity index is 2.37. The summed E-state index contributed by atoms with van der Waals surface area (Å²) in [6.45, 7) is -0.0220. The van der Waals surface area contributed by atoms with Gasteiger partial charge in [-0.3, -0.25) is 14.9 Å². The second kappa shape index (κ2) is 6.86. The highest BCUT2D eigenvalue weighted by atomic mass is 16.6. The number of hydrogen-bond donors (Lipinski definition) is 1. The smallest absolute Gasteiger partial charge is 0.337 e. The summed E-state index contributed by atoms with van der Waals surface area (Å²) >= 11 is 0. The minimum absolute atomic E-state index is 0.0783. The molecular formula is C15H16N2O5. The Bertz CT molecular complexity index is 722. The highest BCUT2D eigenvalue weighted by Gasteiger charge is 2.20. The number of pyridine rings is 1. The van der Waals surface area contributed by atoms with Crippen molar-refractivity contribution in [2.45, 2.75) is 13.0 Å². The van der Waals surface area contributed by atoms with Crippen molar-refractivity contribution in [1.82, 2.24) is 4.57 Å². The summed E-state index contributed by atoms with van der Waals surface area (Å²) in [7, 11) is 1.56. The SMILES string of the molecule is COc1ccc(Cn2ccc(CCO)c([N+](=O)[O-])c2=O)cc1. The number of benzene rings is 1. The van der Waals surface area contributed by atoms with Gasteiger partial charge < -0.3 is 14.4 Å². The maximum atomic E-state index is 12.2. The first-order valence-corrected chi connectivity index (χ1v) is 6.67. The lowest BCUT2D eigenvalue weighted by atomic mass is 10.1. The van der Waals surface area contributed by atoms with E-state index >= 15 is 0 Å². The lowest BCUT2D eigenvalue weighted by Gasteiger charge is -2.08. The van der Waals surface area contributed by atoms with Crippen molar-refractivity contribution in [2.24, 2.45) is 0 Å². The molecule has 22 heavy (non-hydrogen) atoms. The van der Waals surface area contributed by atoms with Crippen LogP contribution in [0.25, 0.3) is 0 Å². The van der Waals surface area contributed by atoms with Crippen LogP contribution >= 0.6 is 0 Å². The first kappa shape index (κ1) is 15.7. The maximum absolute atomic E-state index is 12.2. The molecule has 0 aliphatic carbocycles. The van der Waals surface area contributed by atoms with Crippen LogP contribution in [-0.4, -0.2) is 28.3 Å². The number of aromatic nitrogens is 1. The summed E-state index contributed by atoms with van der Waals surface area (Å²) < 4.78 is 6.33. The van der Waals surface area contributed by atoms with Crippen LogP contribution in [0, 0.1) is 10.1 Å². The molecule has 1 N–H and O–H groups in total. The minimum atomic E-state index is -0.697. The Kier molecular flexibility index (Phi) is 4.90. The molecule has 0 saturated heterocycles. The van der Waals surface area contributed by atoms with E-state index in [1.165, 1.54) is 16.8 Å². The van der Waals surface area contributed by atoms with Crippen LogP contribution in [0.3, 0.4) is 0 Å². The van der Waals surface area contributed by atoms with Gasteiger partial charge in [0.25, 0.3) is 0 Å². The van der Waals surface area contributed by atoms with Crippen molar-refractivity contribution in [2.75, 3.05) is 13.7 Å². The average Bonchev–Trinajstić information content (AvgIpc) is 2.50. The molecule has 0 bridgehead atoms. The average molecular weight is 304 g/mol. The summed E-state index contributed by atoms with van der Waals surface area (Å²) in [5, 5.41) is 20.0. The van der Waals surface area contributed by atoms with Crippen LogP contribution in [0.4, 0.5) is 5.69 Å². The van der Waals surface area contributed by atoms with E-state index < -0.39 is 16.2 Å². The van der Waals surface area contributed by atoms with E-state index in [0.717, 1.165) is 5.56 Å². The fourth-order valence-corrected chi connectivity index (χ4v) is 2.17. The molecule has 0 radical (unpaired) electrons. The van der Waals surface area contributed by atoms with Crippen LogP contribution in [-0.2, 0) is 13.0 Å². The normalized spacial score (nSPS) is 10.5. The Morgan fingerprint density at radius 1 is 1.27 bits per heavy atom. The zero-order chi connectivity index (χ0) is 16.1. The number of aliphatic hydroxyl groups excluding tert-OH is 1. The molecule has 0 aliphatic heterocycles. The Morgan fingerprint density at radius 3 is 2.50 bits per heavy atom. The third kappa shape index (κ3) is 3.32. The molecule has 0 spiro atoms. The van der Waals surface area contributed by atoms with Crippen LogP contribution < -0.4 is 10.3 Å². The second-order valence-corrected chi connectivity index (χ2v) is 4.70. The topological polar surface area (TPSA) is 94.6 Å². The van der Waals surface area contributed by atoms with Crippen LogP contribution in [0.5, 0.6) is 5.75 Å². The molecule has 0 unspecified atom stereocenters. The number of nitro groups is 1. The summed E-state index contributed by atoms with van der Waals surface area (Å²) in [5.74, 6) is 0.695. The van der Waals surface area contributed by atoms with Gasteiger partial charge in [-0.2, -0.15) is 0 Å². The number of hydrogen-bond acceptors (Lipinski definition) is 5. The first-order chi connectivity index (χ1) is 10.6. The minimum Gasteiger partial charge on any atom is -0.497 e. The van der Waals surface area contributed by atoms with E-state index in [2.05, 4.69) is 0 Å². The van der Waals surface area contributed by atoms with E-state index in [9.17, 15) is 14.9 Å².